The van der Waals surface area contributed by atoms with Crippen LogP contribution in [0.3, 0.4) is 0 Å². The van der Waals surface area contributed by atoms with Gasteiger partial charge in [-0.2, -0.15) is 0 Å². The van der Waals surface area contributed by atoms with Gasteiger partial charge in [0, 0.05) is 17.6 Å². The van der Waals surface area contributed by atoms with Gasteiger partial charge in [-0.25, -0.2) is 0 Å². The summed E-state index contributed by atoms with van der Waals surface area (Å²) in [4.78, 5) is 7.26. The average molecular weight is 370 g/mol. The molecule has 0 atom stereocenters. The summed E-state index contributed by atoms with van der Waals surface area (Å²) >= 11 is 0. The van der Waals surface area contributed by atoms with Gasteiger partial charge in [-0.3, -0.25) is 9.88 Å². The molecule has 1 aromatic heterocycles. The molecule has 1 N–H and O–H groups in total. The number of aromatic nitrogens is 1. The van der Waals surface area contributed by atoms with Crippen LogP contribution in [0.2, 0.25) is 0 Å². The highest BCUT2D eigenvalue weighted by Gasteiger charge is 2.19. The van der Waals surface area contributed by atoms with Gasteiger partial charge in [0.2, 0.25) is 0 Å². The molecule has 3 rings (SSSR count). The molecule has 1 aliphatic heterocycles. The van der Waals surface area contributed by atoms with Gasteiger partial charge in [0.05, 0.1) is 5.52 Å². The zero-order valence-electron chi connectivity index (χ0n) is 14.6. The highest BCUT2D eigenvalue weighted by atomic mass is 35.5. The highest BCUT2D eigenvalue weighted by molar-refractivity contribution is 5.85. The lowest BCUT2D eigenvalue weighted by atomic mass is 9.93. The Balaban J connectivity index is 0.00000144. The Kier molecular flexibility index (Phi) is 8.99. The third kappa shape index (κ3) is 5.32. The van der Waals surface area contributed by atoms with Crippen LogP contribution < -0.4 is 5.32 Å². The quantitative estimate of drug-likeness (QED) is 0.855. The Hall–Kier alpha value is -0.870. The van der Waals surface area contributed by atoms with E-state index in [-0.39, 0.29) is 24.8 Å². The number of aryl methyl sites for hydroxylation is 1. The zero-order valence-corrected chi connectivity index (χ0v) is 16.3. The molecule has 0 amide bonds. The number of halogens is 2. The molecule has 0 aliphatic carbocycles. The van der Waals surface area contributed by atoms with E-state index in [0.717, 1.165) is 30.2 Å². The number of nitrogens with one attached hydrogen (secondary N) is 1. The number of fused-ring (bicyclic) bond motifs is 1. The van der Waals surface area contributed by atoms with Gasteiger partial charge < -0.3 is 5.32 Å². The molecule has 1 fully saturated rings. The number of nitrogens with zero attached hydrogens (tertiary/aromatic N) is 2. The Morgan fingerprint density at radius 2 is 1.88 bits per heavy atom. The smallest absolute Gasteiger partial charge is 0.0708 e. The fraction of sp³-hybridized carbons (Fsp3) is 0.526. The van der Waals surface area contributed by atoms with E-state index in [4.69, 9.17) is 0 Å². The summed E-state index contributed by atoms with van der Waals surface area (Å²) in [5.41, 5.74) is 3.68. The van der Waals surface area contributed by atoms with Gasteiger partial charge in [0.15, 0.2) is 0 Å². The van der Waals surface area contributed by atoms with Gasteiger partial charge in [-0.05, 0) is 76.5 Å². The van der Waals surface area contributed by atoms with E-state index in [1.165, 1.54) is 43.3 Å². The second kappa shape index (κ2) is 10.2. The Labute approximate surface area is 158 Å². The first-order chi connectivity index (χ1) is 10.8. The predicted octanol–water partition coefficient (Wildman–Crippen LogP) is 4.21. The van der Waals surface area contributed by atoms with Crippen molar-refractivity contribution >= 4 is 35.7 Å². The third-order valence-electron chi connectivity index (χ3n) is 4.83. The number of pyridine rings is 1. The molecule has 134 valence electrons. The maximum absolute atomic E-state index is 4.65. The highest BCUT2D eigenvalue weighted by Crippen LogP contribution is 2.24. The molecule has 0 saturated carbocycles. The number of hydrogen-bond acceptors (Lipinski definition) is 3. The zero-order chi connectivity index (χ0) is 15.4. The number of benzene rings is 1. The first-order valence-electron chi connectivity index (χ1n) is 8.48. The number of para-hydroxylation sites is 1. The molecule has 0 spiro atoms. The van der Waals surface area contributed by atoms with Crippen LogP contribution in [0.25, 0.3) is 10.9 Å². The second-order valence-electron chi connectivity index (χ2n) is 6.55. The molecule has 3 nitrogen and oxygen atoms in total. The summed E-state index contributed by atoms with van der Waals surface area (Å²) in [6, 6.07) is 10.8. The van der Waals surface area contributed by atoms with E-state index < -0.39 is 0 Å². The van der Waals surface area contributed by atoms with Crippen LogP contribution in [-0.4, -0.2) is 36.6 Å². The third-order valence-corrected chi connectivity index (χ3v) is 4.83. The van der Waals surface area contributed by atoms with Gasteiger partial charge in [0.25, 0.3) is 0 Å². The molecule has 0 unspecified atom stereocenters. The van der Waals surface area contributed by atoms with Crippen molar-refractivity contribution < 1.29 is 0 Å². The van der Waals surface area contributed by atoms with E-state index >= 15 is 0 Å². The normalized spacial score (nSPS) is 15.8. The van der Waals surface area contributed by atoms with Crippen LogP contribution in [0.4, 0.5) is 0 Å². The van der Waals surface area contributed by atoms with Crippen LogP contribution in [0, 0.1) is 12.8 Å². The number of hydrogen-bond donors (Lipinski definition) is 1. The summed E-state index contributed by atoms with van der Waals surface area (Å²) in [5.74, 6) is 0.902. The van der Waals surface area contributed by atoms with Crippen molar-refractivity contribution in [3.05, 3.63) is 41.6 Å². The monoisotopic (exact) mass is 369 g/mol. The first kappa shape index (κ1) is 21.2. The minimum Gasteiger partial charge on any atom is -0.320 e. The molecule has 0 bridgehead atoms. The number of rotatable bonds is 5. The van der Waals surface area contributed by atoms with Crippen molar-refractivity contribution in [2.45, 2.75) is 32.7 Å². The molecule has 1 saturated heterocycles. The summed E-state index contributed by atoms with van der Waals surface area (Å²) in [7, 11) is 2.05. The molecular weight excluding hydrogens is 341 g/mol. The van der Waals surface area contributed by atoms with Gasteiger partial charge in [0.1, 0.15) is 0 Å². The van der Waals surface area contributed by atoms with Crippen LogP contribution in [-0.2, 0) is 6.54 Å². The predicted molar refractivity (Wildman–Crippen MR) is 108 cm³/mol. The van der Waals surface area contributed by atoms with Crippen molar-refractivity contribution in [3.8, 4) is 0 Å². The van der Waals surface area contributed by atoms with Crippen LogP contribution in [0.1, 0.15) is 30.5 Å². The summed E-state index contributed by atoms with van der Waals surface area (Å²) < 4.78 is 0. The van der Waals surface area contributed by atoms with Crippen molar-refractivity contribution in [2.24, 2.45) is 5.92 Å². The molecule has 1 aromatic carbocycles. The number of likely N-dealkylation sites (tertiary alicyclic amines) is 1. The van der Waals surface area contributed by atoms with Crippen LogP contribution >= 0.6 is 24.8 Å². The Morgan fingerprint density at radius 3 is 2.58 bits per heavy atom. The summed E-state index contributed by atoms with van der Waals surface area (Å²) in [6.45, 7) is 6.76. The lowest BCUT2D eigenvalue weighted by molar-refractivity contribution is 0.173. The van der Waals surface area contributed by atoms with Crippen molar-refractivity contribution in [2.75, 3.05) is 26.7 Å². The van der Waals surface area contributed by atoms with E-state index in [1.807, 2.05) is 7.05 Å². The van der Waals surface area contributed by atoms with Crippen molar-refractivity contribution in [1.82, 2.24) is 15.2 Å². The van der Waals surface area contributed by atoms with E-state index in [9.17, 15) is 0 Å². The molecule has 5 heteroatoms. The fourth-order valence-electron chi connectivity index (χ4n) is 3.55. The average Bonchev–Trinajstić information content (AvgIpc) is 2.54. The molecule has 0 radical (unpaired) electrons. The van der Waals surface area contributed by atoms with Crippen molar-refractivity contribution in [3.63, 3.8) is 0 Å². The molecule has 2 heterocycles. The fourth-order valence-corrected chi connectivity index (χ4v) is 3.55. The molecule has 24 heavy (non-hydrogen) atoms. The molecular formula is C19H29Cl2N3. The Morgan fingerprint density at radius 1 is 1.17 bits per heavy atom. The van der Waals surface area contributed by atoms with E-state index in [2.05, 4.69) is 52.5 Å². The van der Waals surface area contributed by atoms with Gasteiger partial charge in [-0.15, -0.1) is 24.8 Å². The van der Waals surface area contributed by atoms with Crippen molar-refractivity contribution in [1.29, 1.82) is 0 Å². The van der Waals surface area contributed by atoms with Gasteiger partial charge in [-0.1, -0.05) is 18.2 Å². The standard InChI is InChI=1S/C19H27N3.2ClH/c1-15-13-17(18-5-3-4-6-19(18)21-15)14-22-11-8-16(9-12-22)7-10-20-2;;/h3-6,13,16,20H,7-12,14H2,1-2H3;2*1H. The summed E-state index contributed by atoms with van der Waals surface area (Å²) in [5, 5.41) is 4.58. The van der Waals surface area contributed by atoms with Crippen LogP contribution in [0.5, 0.6) is 0 Å². The largest absolute Gasteiger partial charge is 0.320 e. The number of piperidine rings is 1. The topological polar surface area (TPSA) is 28.2 Å². The first-order valence-corrected chi connectivity index (χ1v) is 8.48. The minimum atomic E-state index is 0. The lowest BCUT2D eigenvalue weighted by Gasteiger charge is -2.32. The van der Waals surface area contributed by atoms with Crippen LogP contribution in [0.15, 0.2) is 30.3 Å². The lowest BCUT2D eigenvalue weighted by Crippen LogP contribution is -2.34. The second-order valence-corrected chi connectivity index (χ2v) is 6.55. The SMILES string of the molecule is CNCCC1CCN(Cc2cc(C)nc3ccccc23)CC1.Cl.Cl. The Bertz CT molecular complexity index is 625. The molecule has 1 aliphatic rings. The minimum absolute atomic E-state index is 0. The van der Waals surface area contributed by atoms with E-state index in [0.29, 0.717) is 0 Å². The maximum atomic E-state index is 4.65. The summed E-state index contributed by atoms with van der Waals surface area (Å²) in [6.07, 6.45) is 4.00. The molecule has 2 aromatic rings. The maximum Gasteiger partial charge on any atom is 0.0708 e. The van der Waals surface area contributed by atoms with E-state index in [1.54, 1.807) is 0 Å². The van der Waals surface area contributed by atoms with Gasteiger partial charge >= 0.3 is 0 Å².